The molecule has 0 aliphatic heterocycles. The van der Waals surface area contributed by atoms with Gasteiger partial charge in [0.1, 0.15) is 0 Å². The Balaban J connectivity index is 2.60. The van der Waals surface area contributed by atoms with E-state index in [1.54, 1.807) is 6.92 Å². The van der Waals surface area contributed by atoms with Gasteiger partial charge in [-0.1, -0.05) is 0 Å². The molecule has 5 heteroatoms. The molecule has 0 amide bonds. The van der Waals surface area contributed by atoms with Crippen LogP contribution in [0.4, 0.5) is 0 Å². The molecule has 1 aliphatic carbocycles. The summed E-state index contributed by atoms with van der Waals surface area (Å²) in [4.78, 5) is 24.9. The third-order valence-corrected chi connectivity index (χ3v) is 3.19. The van der Waals surface area contributed by atoms with Gasteiger partial charge >= 0.3 is 12.2 Å². The quantitative estimate of drug-likeness (QED) is 0.430. The second-order valence-corrected chi connectivity index (χ2v) is 4.29. The lowest BCUT2D eigenvalue weighted by atomic mass is 9.71. The third kappa shape index (κ3) is 2.50. The Bertz CT molecular complexity index is 324. The van der Waals surface area contributed by atoms with Crippen LogP contribution in [0.15, 0.2) is 0 Å². The number of carboxylic acids is 1. The van der Waals surface area contributed by atoms with Gasteiger partial charge in [0.05, 0.1) is 5.41 Å². The van der Waals surface area contributed by atoms with Crippen molar-refractivity contribution in [2.75, 3.05) is 0 Å². The minimum atomic E-state index is -0.802. The highest BCUT2D eigenvalue weighted by molar-refractivity contribution is 6.26. The fraction of sp³-hybridized carbons (Fsp3) is 0.700. The fourth-order valence-electron chi connectivity index (χ4n) is 1.92. The SMILES string of the molecule is C[C@]1(C(=O)O)CC[C@H](C(=O)C=[N+]=[N-])CC1. The van der Waals surface area contributed by atoms with Crippen molar-refractivity contribution in [1.29, 1.82) is 0 Å². The average molecular weight is 210 g/mol. The third-order valence-electron chi connectivity index (χ3n) is 3.19. The first-order chi connectivity index (χ1) is 6.99. The molecule has 0 unspecified atom stereocenters. The van der Waals surface area contributed by atoms with Gasteiger partial charge in [0, 0.05) is 5.92 Å². The standard InChI is InChI=1S/C10H14N2O3/c1-10(9(14)15)4-2-7(3-5-10)8(13)6-12-11/h6-7H,2-5H2,1H3,(H,14,15)/t7-,10-. The molecule has 0 aromatic rings. The molecule has 1 fully saturated rings. The first-order valence-electron chi connectivity index (χ1n) is 4.94. The summed E-state index contributed by atoms with van der Waals surface area (Å²) >= 11 is 0. The topological polar surface area (TPSA) is 90.8 Å². The first-order valence-corrected chi connectivity index (χ1v) is 4.94. The predicted molar refractivity (Wildman–Crippen MR) is 52.4 cm³/mol. The van der Waals surface area contributed by atoms with Crippen LogP contribution in [0.25, 0.3) is 5.53 Å². The molecule has 0 aromatic carbocycles. The molecule has 0 bridgehead atoms. The summed E-state index contributed by atoms with van der Waals surface area (Å²) in [5, 5.41) is 8.97. The minimum Gasteiger partial charge on any atom is -0.481 e. The van der Waals surface area contributed by atoms with E-state index in [0.29, 0.717) is 25.7 Å². The number of ketones is 1. The number of aliphatic carboxylic acids is 1. The molecule has 0 radical (unpaired) electrons. The maximum atomic E-state index is 11.3. The van der Waals surface area contributed by atoms with Gasteiger partial charge in [0.2, 0.25) is 5.78 Å². The molecule has 1 rings (SSSR count). The summed E-state index contributed by atoms with van der Waals surface area (Å²) in [6, 6.07) is 0. The maximum absolute atomic E-state index is 11.3. The van der Waals surface area contributed by atoms with Crippen molar-refractivity contribution in [1.82, 2.24) is 0 Å². The Morgan fingerprint density at radius 2 is 2.00 bits per heavy atom. The van der Waals surface area contributed by atoms with Crippen LogP contribution in [0.3, 0.4) is 0 Å². The van der Waals surface area contributed by atoms with E-state index in [0.717, 1.165) is 6.21 Å². The van der Waals surface area contributed by atoms with E-state index in [4.69, 9.17) is 10.6 Å². The Labute approximate surface area is 87.7 Å². The molecule has 0 heterocycles. The Hall–Kier alpha value is -1.48. The molecule has 0 aromatic heterocycles. The highest BCUT2D eigenvalue weighted by Crippen LogP contribution is 2.38. The van der Waals surface area contributed by atoms with Crippen LogP contribution >= 0.6 is 0 Å². The number of carbonyl (C=O) groups is 2. The monoisotopic (exact) mass is 210 g/mol. The predicted octanol–water partition coefficient (Wildman–Crippen LogP) is 1.14. The van der Waals surface area contributed by atoms with Crippen molar-refractivity contribution in [3.8, 4) is 0 Å². The second-order valence-electron chi connectivity index (χ2n) is 4.29. The number of hydrogen-bond donors (Lipinski definition) is 1. The molecule has 0 atom stereocenters. The van der Waals surface area contributed by atoms with E-state index in [9.17, 15) is 9.59 Å². The van der Waals surface area contributed by atoms with Crippen LogP contribution in [-0.2, 0) is 9.59 Å². The molecule has 1 aliphatic rings. The molecule has 5 nitrogen and oxygen atoms in total. The largest absolute Gasteiger partial charge is 0.481 e. The lowest BCUT2D eigenvalue weighted by Gasteiger charge is -2.32. The number of hydrogen-bond acceptors (Lipinski definition) is 2. The van der Waals surface area contributed by atoms with Crippen LogP contribution in [-0.4, -0.2) is 27.9 Å². The van der Waals surface area contributed by atoms with E-state index in [1.165, 1.54) is 0 Å². The average Bonchev–Trinajstić information content (AvgIpc) is 2.19. The van der Waals surface area contributed by atoms with Gasteiger partial charge < -0.3 is 10.6 Å². The van der Waals surface area contributed by atoms with Crippen molar-refractivity contribution < 1.29 is 19.5 Å². The molecule has 0 saturated heterocycles. The molecular formula is C10H14N2O3. The number of rotatable bonds is 3. The summed E-state index contributed by atoms with van der Waals surface area (Å²) in [6.07, 6.45) is 2.99. The van der Waals surface area contributed by atoms with Crippen molar-refractivity contribution in [2.24, 2.45) is 11.3 Å². The van der Waals surface area contributed by atoms with Gasteiger partial charge in [0.25, 0.3) is 0 Å². The summed E-state index contributed by atoms with van der Waals surface area (Å²) in [5.41, 5.74) is 7.51. The Morgan fingerprint density at radius 3 is 2.40 bits per heavy atom. The van der Waals surface area contributed by atoms with Crippen LogP contribution in [0, 0.1) is 11.3 Å². The molecule has 1 saturated carbocycles. The maximum Gasteiger partial charge on any atom is 0.323 e. The molecule has 82 valence electrons. The lowest BCUT2D eigenvalue weighted by molar-refractivity contribution is -0.151. The number of carbonyl (C=O) groups excluding carboxylic acids is 1. The summed E-state index contributed by atoms with van der Waals surface area (Å²) in [5.74, 6) is -1.21. The number of nitrogens with zero attached hydrogens (tertiary/aromatic N) is 2. The number of carboxylic acid groups (broad SMARTS) is 1. The zero-order valence-corrected chi connectivity index (χ0v) is 8.64. The van der Waals surface area contributed by atoms with Crippen molar-refractivity contribution >= 4 is 18.0 Å². The normalized spacial score (nSPS) is 30.3. The highest BCUT2D eigenvalue weighted by Gasteiger charge is 2.39. The van der Waals surface area contributed by atoms with Crippen LogP contribution in [0.2, 0.25) is 0 Å². The molecule has 0 spiro atoms. The lowest BCUT2D eigenvalue weighted by Crippen LogP contribution is -2.34. The van der Waals surface area contributed by atoms with E-state index in [-0.39, 0.29) is 11.7 Å². The van der Waals surface area contributed by atoms with Crippen molar-refractivity contribution in [3.05, 3.63) is 5.53 Å². The van der Waals surface area contributed by atoms with E-state index < -0.39 is 11.4 Å². The van der Waals surface area contributed by atoms with E-state index >= 15 is 0 Å². The number of Topliss-reactive ketones (excluding diaryl/α,β-unsaturated/α-hetero) is 1. The fourth-order valence-corrected chi connectivity index (χ4v) is 1.92. The minimum absolute atomic E-state index is 0.187. The Morgan fingerprint density at radius 1 is 1.47 bits per heavy atom. The van der Waals surface area contributed by atoms with Gasteiger partial charge in [-0.3, -0.25) is 9.59 Å². The zero-order chi connectivity index (χ0) is 11.5. The first kappa shape index (κ1) is 11.6. The van der Waals surface area contributed by atoms with Crippen molar-refractivity contribution in [3.63, 3.8) is 0 Å². The smallest absolute Gasteiger partial charge is 0.323 e. The second kappa shape index (κ2) is 4.36. The van der Waals surface area contributed by atoms with Crippen LogP contribution < -0.4 is 0 Å². The van der Waals surface area contributed by atoms with E-state index in [1.807, 2.05) is 0 Å². The van der Waals surface area contributed by atoms with Gasteiger partial charge in [0.15, 0.2) is 0 Å². The highest BCUT2D eigenvalue weighted by atomic mass is 16.4. The molecular weight excluding hydrogens is 196 g/mol. The van der Waals surface area contributed by atoms with Gasteiger partial charge in [-0.05, 0) is 32.6 Å². The van der Waals surface area contributed by atoms with Crippen LogP contribution in [0.5, 0.6) is 0 Å². The van der Waals surface area contributed by atoms with Gasteiger partial charge in [-0.25, -0.2) is 0 Å². The van der Waals surface area contributed by atoms with Crippen molar-refractivity contribution in [2.45, 2.75) is 32.6 Å². The Kier molecular flexibility index (Phi) is 3.37. The molecule has 15 heavy (non-hydrogen) atoms. The summed E-state index contributed by atoms with van der Waals surface area (Å²) < 4.78 is 0. The summed E-state index contributed by atoms with van der Waals surface area (Å²) in [7, 11) is 0. The van der Waals surface area contributed by atoms with Gasteiger partial charge in [-0.2, -0.15) is 4.79 Å². The summed E-state index contributed by atoms with van der Waals surface area (Å²) in [6.45, 7) is 1.70. The van der Waals surface area contributed by atoms with Crippen LogP contribution in [0.1, 0.15) is 32.6 Å². The molecule has 1 N–H and O–H groups in total. The van der Waals surface area contributed by atoms with Gasteiger partial charge in [-0.15, -0.1) is 0 Å². The zero-order valence-electron chi connectivity index (χ0n) is 8.64. The van der Waals surface area contributed by atoms with E-state index in [2.05, 4.69) is 4.79 Å².